The predicted molar refractivity (Wildman–Crippen MR) is 55.8 cm³/mol. The first-order chi connectivity index (χ1) is 6.66. The van der Waals surface area contributed by atoms with Gasteiger partial charge in [-0.25, -0.2) is 0 Å². The lowest BCUT2D eigenvalue weighted by molar-refractivity contribution is -0.145. The SMILES string of the molecule is CCC(C)OC(C)=O.c1ccncc1. The summed E-state index contributed by atoms with van der Waals surface area (Å²) in [5.74, 6) is -0.195. The second-order valence-corrected chi connectivity index (χ2v) is 2.85. The minimum atomic E-state index is -0.195. The topological polar surface area (TPSA) is 39.2 Å². The van der Waals surface area contributed by atoms with Gasteiger partial charge in [-0.1, -0.05) is 13.0 Å². The van der Waals surface area contributed by atoms with Crippen molar-refractivity contribution >= 4 is 5.97 Å². The maximum atomic E-state index is 10.2. The van der Waals surface area contributed by atoms with Gasteiger partial charge in [0.1, 0.15) is 0 Å². The molecule has 0 aliphatic heterocycles. The van der Waals surface area contributed by atoms with Gasteiger partial charge in [-0.3, -0.25) is 9.78 Å². The number of carbonyl (C=O) groups excluding carboxylic acids is 1. The van der Waals surface area contributed by atoms with Crippen LogP contribution in [-0.2, 0) is 9.53 Å². The highest BCUT2D eigenvalue weighted by atomic mass is 16.5. The van der Waals surface area contributed by atoms with Crippen LogP contribution in [0.5, 0.6) is 0 Å². The van der Waals surface area contributed by atoms with Crippen LogP contribution in [0, 0.1) is 0 Å². The second-order valence-electron chi connectivity index (χ2n) is 2.85. The maximum absolute atomic E-state index is 10.2. The van der Waals surface area contributed by atoms with Crippen molar-refractivity contribution in [2.45, 2.75) is 33.3 Å². The van der Waals surface area contributed by atoms with Crippen molar-refractivity contribution in [3.63, 3.8) is 0 Å². The van der Waals surface area contributed by atoms with Crippen molar-refractivity contribution in [2.24, 2.45) is 0 Å². The van der Waals surface area contributed by atoms with Crippen molar-refractivity contribution in [3.05, 3.63) is 30.6 Å². The van der Waals surface area contributed by atoms with Gasteiger partial charge in [0.15, 0.2) is 0 Å². The van der Waals surface area contributed by atoms with Gasteiger partial charge < -0.3 is 4.74 Å². The van der Waals surface area contributed by atoms with E-state index in [-0.39, 0.29) is 12.1 Å². The van der Waals surface area contributed by atoms with Crippen LogP contribution in [0.1, 0.15) is 27.2 Å². The van der Waals surface area contributed by atoms with Gasteiger partial charge in [-0.15, -0.1) is 0 Å². The third kappa shape index (κ3) is 8.71. The van der Waals surface area contributed by atoms with Gasteiger partial charge in [-0.2, -0.15) is 0 Å². The molecule has 1 aromatic heterocycles. The van der Waals surface area contributed by atoms with E-state index in [4.69, 9.17) is 4.74 Å². The Balaban J connectivity index is 0.000000249. The highest BCUT2D eigenvalue weighted by Crippen LogP contribution is 1.94. The van der Waals surface area contributed by atoms with Crippen molar-refractivity contribution < 1.29 is 9.53 Å². The van der Waals surface area contributed by atoms with E-state index < -0.39 is 0 Å². The minimum Gasteiger partial charge on any atom is -0.463 e. The van der Waals surface area contributed by atoms with Gasteiger partial charge in [-0.05, 0) is 25.5 Å². The van der Waals surface area contributed by atoms with Crippen molar-refractivity contribution in [1.82, 2.24) is 4.98 Å². The standard InChI is InChI=1S/C6H12O2.C5H5N/c1-4-5(2)8-6(3)7;1-2-4-6-5-3-1/h5H,4H2,1-3H3;1-5H. The molecule has 1 heterocycles. The summed E-state index contributed by atoms with van der Waals surface area (Å²) >= 11 is 0. The van der Waals surface area contributed by atoms with E-state index in [0.717, 1.165) is 6.42 Å². The molecule has 0 saturated heterocycles. The summed E-state index contributed by atoms with van der Waals surface area (Å²) in [5.41, 5.74) is 0. The summed E-state index contributed by atoms with van der Waals surface area (Å²) in [6, 6.07) is 5.72. The zero-order valence-electron chi connectivity index (χ0n) is 8.93. The number of esters is 1. The molecule has 0 bridgehead atoms. The summed E-state index contributed by atoms with van der Waals surface area (Å²) in [6.07, 6.45) is 4.46. The number of aromatic nitrogens is 1. The molecule has 0 amide bonds. The number of carbonyl (C=O) groups is 1. The summed E-state index contributed by atoms with van der Waals surface area (Å²) in [7, 11) is 0. The Morgan fingerprint density at radius 2 is 1.93 bits per heavy atom. The number of pyridine rings is 1. The van der Waals surface area contributed by atoms with Crippen LogP contribution in [0.3, 0.4) is 0 Å². The van der Waals surface area contributed by atoms with E-state index in [2.05, 4.69) is 4.98 Å². The molecule has 0 spiro atoms. The molecule has 3 heteroatoms. The van der Waals surface area contributed by atoms with E-state index in [9.17, 15) is 4.79 Å². The van der Waals surface area contributed by atoms with Crippen LogP contribution < -0.4 is 0 Å². The van der Waals surface area contributed by atoms with Crippen LogP contribution in [0.2, 0.25) is 0 Å². The summed E-state index contributed by atoms with van der Waals surface area (Å²) in [4.78, 5) is 14.0. The normalized spacial score (nSPS) is 10.8. The van der Waals surface area contributed by atoms with Crippen LogP contribution in [-0.4, -0.2) is 17.1 Å². The lowest BCUT2D eigenvalue weighted by Crippen LogP contribution is -2.09. The monoisotopic (exact) mass is 195 g/mol. The molecular formula is C11H17NO2. The Morgan fingerprint density at radius 1 is 1.36 bits per heavy atom. The lowest BCUT2D eigenvalue weighted by Gasteiger charge is -2.06. The van der Waals surface area contributed by atoms with Crippen molar-refractivity contribution in [3.8, 4) is 0 Å². The maximum Gasteiger partial charge on any atom is 0.302 e. The van der Waals surface area contributed by atoms with Crippen molar-refractivity contribution in [1.29, 1.82) is 0 Å². The quantitative estimate of drug-likeness (QED) is 0.680. The van der Waals surface area contributed by atoms with E-state index in [1.807, 2.05) is 32.0 Å². The smallest absolute Gasteiger partial charge is 0.302 e. The van der Waals surface area contributed by atoms with Gasteiger partial charge in [0.05, 0.1) is 6.10 Å². The Morgan fingerprint density at radius 3 is 2.07 bits per heavy atom. The first-order valence-corrected chi connectivity index (χ1v) is 4.69. The molecule has 0 aromatic carbocycles. The Hall–Kier alpha value is -1.38. The summed E-state index contributed by atoms with van der Waals surface area (Å²) in [5, 5.41) is 0. The molecule has 0 N–H and O–H groups in total. The van der Waals surface area contributed by atoms with Crippen LogP contribution in [0.25, 0.3) is 0 Å². The largest absolute Gasteiger partial charge is 0.463 e. The summed E-state index contributed by atoms with van der Waals surface area (Å²) < 4.78 is 4.76. The first kappa shape index (κ1) is 12.6. The molecule has 0 aliphatic rings. The highest BCUT2D eigenvalue weighted by Gasteiger charge is 1.99. The van der Waals surface area contributed by atoms with Crippen molar-refractivity contribution in [2.75, 3.05) is 0 Å². The fourth-order valence-electron chi connectivity index (χ4n) is 0.679. The Labute approximate surface area is 85.1 Å². The first-order valence-electron chi connectivity index (χ1n) is 4.69. The third-order valence-electron chi connectivity index (χ3n) is 1.51. The van der Waals surface area contributed by atoms with E-state index >= 15 is 0 Å². The zero-order chi connectivity index (χ0) is 10.8. The molecule has 78 valence electrons. The van der Waals surface area contributed by atoms with Crippen LogP contribution >= 0.6 is 0 Å². The number of hydrogen-bond acceptors (Lipinski definition) is 3. The van der Waals surface area contributed by atoms with Crippen LogP contribution in [0.15, 0.2) is 30.6 Å². The Bertz CT molecular complexity index is 210. The van der Waals surface area contributed by atoms with Gasteiger partial charge in [0.25, 0.3) is 0 Å². The molecule has 0 radical (unpaired) electrons. The Kier molecular flexibility index (Phi) is 7.42. The molecular weight excluding hydrogens is 178 g/mol. The van der Waals surface area contributed by atoms with Gasteiger partial charge in [0.2, 0.25) is 0 Å². The number of hydrogen-bond donors (Lipinski definition) is 0. The summed E-state index contributed by atoms with van der Waals surface area (Å²) in [6.45, 7) is 5.28. The molecule has 3 nitrogen and oxygen atoms in total. The fourth-order valence-corrected chi connectivity index (χ4v) is 0.679. The second kappa shape index (κ2) is 8.23. The lowest BCUT2D eigenvalue weighted by atomic mass is 10.3. The average molecular weight is 195 g/mol. The van der Waals surface area contributed by atoms with Gasteiger partial charge >= 0.3 is 5.97 Å². The minimum absolute atomic E-state index is 0.0764. The molecule has 1 unspecified atom stereocenters. The molecule has 14 heavy (non-hydrogen) atoms. The fraction of sp³-hybridized carbons (Fsp3) is 0.455. The predicted octanol–water partition coefficient (Wildman–Crippen LogP) is 2.43. The van der Waals surface area contributed by atoms with Gasteiger partial charge in [0, 0.05) is 19.3 Å². The molecule has 0 fully saturated rings. The third-order valence-corrected chi connectivity index (χ3v) is 1.51. The number of ether oxygens (including phenoxy) is 1. The number of nitrogens with zero attached hydrogens (tertiary/aromatic N) is 1. The zero-order valence-corrected chi connectivity index (χ0v) is 8.93. The van der Waals surface area contributed by atoms with E-state index in [0.29, 0.717) is 0 Å². The van der Waals surface area contributed by atoms with Crippen LogP contribution in [0.4, 0.5) is 0 Å². The average Bonchev–Trinajstić information content (AvgIpc) is 2.20. The molecule has 1 rings (SSSR count). The highest BCUT2D eigenvalue weighted by molar-refractivity contribution is 5.66. The molecule has 0 aliphatic carbocycles. The van der Waals surface area contributed by atoms with E-state index in [1.54, 1.807) is 12.4 Å². The molecule has 1 aromatic rings. The molecule has 0 saturated carbocycles. The van der Waals surface area contributed by atoms with E-state index in [1.165, 1.54) is 6.92 Å². The molecule has 1 atom stereocenters. The number of rotatable bonds is 2.